The van der Waals surface area contributed by atoms with Gasteiger partial charge >= 0.3 is 0 Å². The van der Waals surface area contributed by atoms with Crippen LogP contribution in [0.15, 0.2) is 42.1 Å². The average molecular weight is 389 g/mol. The highest BCUT2D eigenvalue weighted by atomic mass is 19.1. The Morgan fingerprint density at radius 2 is 1.90 bits per heavy atom. The monoisotopic (exact) mass is 389 g/mol. The maximum absolute atomic E-state index is 14.2. The number of aromatic amines is 1. The highest BCUT2D eigenvalue weighted by molar-refractivity contribution is 5.85. The van der Waals surface area contributed by atoms with Gasteiger partial charge in [0.25, 0.3) is 0 Å². The van der Waals surface area contributed by atoms with E-state index in [-0.39, 0.29) is 5.82 Å². The van der Waals surface area contributed by atoms with Crippen molar-refractivity contribution in [3.63, 3.8) is 0 Å². The normalized spacial score (nSPS) is 18.7. The molecule has 0 saturated carbocycles. The summed E-state index contributed by atoms with van der Waals surface area (Å²) in [6.45, 7) is 5.36. The first-order valence-corrected chi connectivity index (χ1v) is 10.5. The molecule has 1 aromatic heterocycles. The standard InChI is InChI=1S/C24H24FN3O/c25-22-3-1-2-21-20-6-7-28(15-23(20)26-24(21)22)18-5-4-16-12-19(14-17(16)13-18)27-8-10-29-11-9-27/h1-5,13-14,26H,6-12,15H2. The number of rotatable bonds is 2. The quantitative estimate of drug-likeness (QED) is 0.716. The van der Waals surface area contributed by atoms with Gasteiger partial charge in [-0.25, -0.2) is 4.39 Å². The van der Waals surface area contributed by atoms with Crippen LogP contribution >= 0.6 is 0 Å². The highest BCUT2D eigenvalue weighted by Gasteiger charge is 2.24. The number of nitrogens with one attached hydrogen (secondary N) is 1. The average Bonchev–Trinajstić information content (AvgIpc) is 3.35. The fraction of sp³-hybridized carbons (Fsp3) is 0.333. The lowest BCUT2D eigenvalue weighted by Crippen LogP contribution is -2.35. The molecule has 1 fully saturated rings. The van der Waals surface area contributed by atoms with E-state index in [0.29, 0.717) is 5.52 Å². The lowest BCUT2D eigenvalue weighted by atomic mass is 10.0. The fourth-order valence-electron chi connectivity index (χ4n) is 5.00. The van der Waals surface area contributed by atoms with Crippen molar-refractivity contribution in [2.75, 3.05) is 37.7 Å². The molecule has 0 spiro atoms. The molecule has 4 nitrogen and oxygen atoms in total. The summed E-state index contributed by atoms with van der Waals surface area (Å²) in [5.41, 5.74) is 8.44. The van der Waals surface area contributed by atoms with Crippen LogP contribution in [0.3, 0.4) is 0 Å². The summed E-state index contributed by atoms with van der Waals surface area (Å²) in [6, 6.07) is 12.2. The maximum atomic E-state index is 14.2. The molecule has 3 heterocycles. The Hall–Kier alpha value is -2.79. The number of fused-ring (bicyclic) bond motifs is 4. The molecule has 148 valence electrons. The van der Waals surface area contributed by atoms with Gasteiger partial charge in [0.05, 0.1) is 25.3 Å². The predicted molar refractivity (Wildman–Crippen MR) is 114 cm³/mol. The van der Waals surface area contributed by atoms with Gasteiger partial charge in [-0.15, -0.1) is 0 Å². The van der Waals surface area contributed by atoms with Crippen molar-refractivity contribution in [1.82, 2.24) is 9.88 Å². The molecule has 6 rings (SSSR count). The summed E-state index contributed by atoms with van der Waals surface area (Å²) in [5.74, 6) is -0.165. The number of benzene rings is 2. The molecule has 0 bridgehead atoms. The molecule has 1 saturated heterocycles. The SMILES string of the molecule is Fc1cccc2c3c([nH]c12)CN(c1ccc2c(c1)C=C(N1CCOCC1)C2)CC3. The number of aromatic nitrogens is 1. The maximum Gasteiger partial charge on any atom is 0.147 e. The molecule has 1 N–H and O–H groups in total. The first kappa shape index (κ1) is 17.1. The van der Waals surface area contributed by atoms with Crippen molar-refractivity contribution >= 4 is 22.7 Å². The molecule has 0 radical (unpaired) electrons. The molecule has 0 atom stereocenters. The third-order valence-corrected chi connectivity index (χ3v) is 6.57. The van der Waals surface area contributed by atoms with Gasteiger partial charge in [-0.05, 0) is 47.4 Å². The number of morpholine rings is 1. The number of halogens is 1. The smallest absolute Gasteiger partial charge is 0.147 e. The molecule has 3 aliphatic rings. The minimum absolute atomic E-state index is 0.165. The molecule has 2 aromatic carbocycles. The summed E-state index contributed by atoms with van der Waals surface area (Å²) >= 11 is 0. The minimum atomic E-state index is -0.165. The van der Waals surface area contributed by atoms with Crippen molar-refractivity contribution < 1.29 is 9.13 Å². The van der Waals surface area contributed by atoms with Crippen LogP contribution in [-0.2, 0) is 24.1 Å². The summed E-state index contributed by atoms with van der Waals surface area (Å²) in [4.78, 5) is 8.19. The predicted octanol–water partition coefficient (Wildman–Crippen LogP) is 4.10. The zero-order chi connectivity index (χ0) is 19.4. The largest absolute Gasteiger partial charge is 0.378 e. The van der Waals surface area contributed by atoms with Crippen LogP contribution < -0.4 is 4.90 Å². The van der Waals surface area contributed by atoms with Crippen molar-refractivity contribution in [2.45, 2.75) is 19.4 Å². The van der Waals surface area contributed by atoms with Gasteiger partial charge in [0.15, 0.2) is 0 Å². The highest BCUT2D eigenvalue weighted by Crippen LogP contribution is 2.34. The third kappa shape index (κ3) is 2.84. The Morgan fingerprint density at radius 3 is 2.79 bits per heavy atom. The second kappa shape index (κ2) is 6.63. The second-order valence-electron chi connectivity index (χ2n) is 8.21. The number of allylic oxidation sites excluding steroid dienone is 1. The molecular weight excluding hydrogens is 365 g/mol. The van der Waals surface area contributed by atoms with Crippen LogP contribution in [0, 0.1) is 5.82 Å². The minimum Gasteiger partial charge on any atom is -0.378 e. The summed E-state index contributed by atoms with van der Waals surface area (Å²) in [6.07, 6.45) is 4.30. The number of para-hydroxylation sites is 1. The Kier molecular flexibility index (Phi) is 3.91. The van der Waals surface area contributed by atoms with Gasteiger partial charge < -0.3 is 19.5 Å². The van der Waals surface area contributed by atoms with E-state index in [1.807, 2.05) is 6.07 Å². The fourth-order valence-corrected chi connectivity index (χ4v) is 5.00. The van der Waals surface area contributed by atoms with E-state index >= 15 is 0 Å². The van der Waals surface area contributed by atoms with E-state index in [4.69, 9.17) is 4.74 Å². The number of ether oxygens (including phenoxy) is 1. The van der Waals surface area contributed by atoms with Crippen LogP contribution in [-0.4, -0.2) is 42.7 Å². The Bertz CT molecular complexity index is 1130. The number of nitrogens with zero attached hydrogens (tertiary/aromatic N) is 2. The van der Waals surface area contributed by atoms with E-state index in [0.717, 1.165) is 63.3 Å². The van der Waals surface area contributed by atoms with Crippen molar-refractivity contribution in [3.05, 3.63) is 70.3 Å². The Balaban J connectivity index is 1.28. The number of anilines is 1. The Labute approximate surface area is 169 Å². The van der Waals surface area contributed by atoms with E-state index < -0.39 is 0 Å². The molecule has 0 amide bonds. The van der Waals surface area contributed by atoms with E-state index in [2.05, 4.69) is 39.1 Å². The van der Waals surface area contributed by atoms with Gasteiger partial charge in [-0.2, -0.15) is 0 Å². The topological polar surface area (TPSA) is 31.5 Å². The molecule has 0 unspecified atom stereocenters. The number of H-pyrrole nitrogens is 1. The van der Waals surface area contributed by atoms with Crippen molar-refractivity contribution in [3.8, 4) is 0 Å². The van der Waals surface area contributed by atoms with Crippen LogP contribution in [0.5, 0.6) is 0 Å². The second-order valence-corrected chi connectivity index (χ2v) is 8.21. The molecule has 2 aliphatic heterocycles. The molecular formula is C24H24FN3O. The number of hydrogen-bond donors (Lipinski definition) is 1. The van der Waals surface area contributed by atoms with Crippen molar-refractivity contribution in [1.29, 1.82) is 0 Å². The lowest BCUT2D eigenvalue weighted by molar-refractivity contribution is 0.0534. The zero-order valence-electron chi connectivity index (χ0n) is 16.4. The Morgan fingerprint density at radius 1 is 1.00 bits per heavy atom. The summed E-state index contributed by atoms with van der Waals surface area (Å²) in [7, 11) is 0. The van der Waals surface area contributed by atoms with Crippen LogP contribution in [0.2, 0.25) is 0 Å². The van der Waals surface area contributed by atoms with E-state index in [1.165, 1.54) is 34.1 Å². The third-order valence-electron chi connectivity index (χ3n) is 6.57. The molecule has 1 aliphatic carbocycles. The zero-order valence-corrected chi connectivity index (χ0v) is 16.4. The van der Waals surface area contributed by atoms with Gasteiger partial charge in [0.1, 0.15) is 5.82 Å². The van der Waals surface area contributed by atoms with Gasteiger partial charge in [0.2, 0.25) is 0 Å². The van der Waals surface area contributed by atoms with Crippen LogP contribution in [0.25, 0.3) is 17.0 Å². The lowest BCUT2D eigenvalue weighted by Gasteiger charge is -2.29. The first-order chi connectivity index (χ1) is 14.3. The van der Waals surface area contributed by atoms with E-state index in [1.54, 1.807) is 6.07 Å². The van der Waals surface area contributed by atoms with E-state index in [9.17, 15) is 4.39 Å². The molecule has 29 heavy (non-hydrogen) atoms. The van der Waals surface area contributed by atoms with Crippen molar-refractivity contribution in [2.24, 2.45) is 0 Å². The van der Waals surface area contributed by atoms with Gasteiger partial charge in [-0.3, -0.25) is 0 Å². The molecule has 3 aromatic rings. The van der Waals surface area contributed by atoms with Crippen LogP contribution in [0.1, 0.15) is 22.4 Å². The summed E-state index contributed by atoms with van der Waals surface area (Å²) < 4.78 is 19.7. The molecule has 5 heteroatoms. The number of hydrogen-bond acceptors (Lipinski definition) is 3. The van der Waals surface area contributed by atoms with Gasteiger partial charge in [0, 0.05) is 48.5 Å². The van der Waals surface area contributed by atoms with Crippen LogP contribution in [0.4, 0.5) is 10.1 Å². The summed E-state index contributed by atoms with van der Waals surface area (Å²) in [5, 5.41) is 1.03. The van der Waals surface area contributed by atoms with Gasteiger partial charge in [-0.1, -0.05) is 18.2 Å². The first-order valence-electron chi connectivity index (χ1n) is 10.5.